The van der Waals surface area contributed by atoms with Crippen molar-refractivity contribution in [3.05, 3.63) is 24.3 Å². The molecule has 1 fully saturated rings. The van der Waals surface area contributed by atoms with E-state index in [9.17, 15) is 9.90 Å². The van der Waals surface area contributed by atoms with Crippen molar-refractivity contribution >= 4 is 5.97 Å². The van der Waals surface area contributed by atoms with Gasteiger partial charge in [0.15, 0.2) is 11.5 Å². The number of para-hydroxylation sites is 2. The van der Waals surface area contributed by atoms with Crippen LogP contribution < -0.4 is 9.47 Å². The Hall–Kier alpha value is -1.75. The van der Waals surface area contributed by atoms with E-state index in [1.807, 2.05) is 29.2 Å². The van der Waals surface area contributed by atoms with Crippen LogP contribution in [0, 0.1) is 0 Å². The minimum Gasteiger partial charge on any atom is -0.493 e. The molecule has 1 atom stereocenters. The lowest BCUT2D eigenvalue weighted by molar-refractivity contribution is -0.144. The standard InChI is InChI=1S/C15H21NO4/c1-19-13-7-2-3-8-14(13)20-11-10-16-9-5-4-6-12(16)15(17)18/h2-3,7-8,12H,4-6,9-11H2,1H3,(H,17,18). The van der Waals surface area contributed by atoms with Crippen molar-refractivity contribution in [2.24, 2.45) is 0 Å². The highest BCUT2D eigenvalue weighted by molar-refractivity contribution is 5.73. The quantitative estimate of drug-likeness (QED) is 0.863. The van der Waals surface area contributed by atoms with Crippen LogP contribution >= 0.6 is 0 Å². The minimum absolute atomic E-state index is 0.370. The molecular weight excluding hydrogens is 258 g/mol. The third-order valence-corrected chi connectivity index (χ3v) is 3.60. The van der Waals surface area contributed by atoms with Crippen molar-refractivity contribution in [3.63, 3.8) is 0 Å². The zero-order chi connectivity index (χ0) is 14.4. The topological polar surface area (TPSA) is 59.0 Å². The summed E-state index contributed by atoms with van der Waals surface area (Å²) in [6, 6.07) is 7.10. The number of benzene rings is 1. The Labute approximate surface area is 119 Å². The molecule has 0 saturated carbocycles. The van der Waals surface area contributed by atoms with Gasteiger partial charge in [-0.1, -0.05) is 18.6 Å². The smallest absolute Gasteiger partial charge is 0.320 e. The monoisotopic (exact) mass is 279 g/mol. The highest BCUT2D eigenvalue weighted by Crippen LogP contribution is 2.26. The summed E-state index contributed by atoms with van der Waals surface area (Å²) in [5, 5.41) is 9.20. The molecule has 0 amide bonds. The largest absolute Gasteiger partial charge is 0.493 e. The van der Waals surface area contributed by atoms with E-state index in [0.29, 0.717) is 24.7 Å². The Kier molecular flexibility index (Phi) is 5.24. The number of ether oxygens (including phenoxy) is 2. The molecule has 1 aromatic rings. The highest BCUT2D eigenvalue weighted by Gasteiger charge is 2.27. The second kappa shape index (κ2) is 7.14. The Morgan fingerprint density at radius 1 is 1.35 bits per heavy atom. The van der Waals surface area contributed by atoms with Gasteiger partial charge in [-0.25, -0.2) is 0 Å². The van der Waals surface area contributed by atoms with Gasteiger partial charge in [0.1, 0.15) is 12.6 Å². The van der Waals surface area contributed by atoms with Gasteiger partial charge in [0.2, 0.25) is 0 Å². The maximum atomic E-state index is 11.2. The Morgan fingerprint density at radius 3 is 2.80 bits per heavy atom. The number of carbonyl (C=O) groups is 1. The number of hydrogen-bond acceptors (Lipinski definition) is 4. The van der Waals surface area contributed by atoms with Gasteiger partial charge in [0, 0.05) is 6.54 Å². The average Bonchev–Trinajstić information content (AvgIpc) is 2.48. The number of carboxylic acids is 1. The minimum atomic E-state index is -0.734. The predicted molar refractivity (Wildman–Crippen MR) is 75.3 cm³/mol. The van der Waals surface area contributed by atoms with E-state index >= 15 is 0 Å². The first kappa shape index (κ1) is 14.7. The number of carboxylic acid groups (broad SMARTS) is 1. The fourth-order valence-corrected chi connectivity index (χ4v) is 2.55. The SMILES string of the molecule is COc1ccccc1OCCN1CCCCC1C(=O)O. The van der Waals surface area contributed by atoms with Crippen molar-refractivity contribution in [2.45, 2.75) is 25.3 Å². The summed E-state index contributed by atoms with van der Waals surface area (Å²) in [7, 11) is 1.60. The van der Waals surface area contributed by atoms with Crippen LogP contribution in [0.4, 0.5) is 0 Å². The van der Waals surface area contributed by atoms with Crippen LogP contribution in [0.15, 0.2) is 24.3 Å². The number of methoxy groups -OCH3 is 1. The van der Waals surface area contributed by atoms with Gasteiger partial charge in [0.25, 0.3) is 0 Å². The molecule has 1 aromatic carbocycles. The summed E-state index contributed by atoms with van der Waals surface area (Å²) in [4.78, 5) is 13.2. The van der Waals surface area contributed by atoms with Crippen molar-refractivity contribution < 1.29 is 19.4 Å². The van der Waals surface area contributed by atoms with Crippen LogP contribution in [-0.2, 0) is 4.79 Å². The summed E-state index contributed by atoms with van der Waals surface area (Å²) < 4.78 is 10.9. The van der Waals surface area contributed by atoms with E-state index in [4.69, 9.17) is 9.47 Å². The second-order valence-electron chi connectivity index (χ2n) is 4.89. The van der Waals surface area contributed by atoms with Gasteiger partial charge in [-0.3, -0.25) is 9.69 Å². The summed E-state index contributed by atoms with van der Waals surface area (Å²) >= 11 is 0. The van der Waals surface area contributed by atoms with Gasteiger partial charge in [-0.05, 0) is 31.5 Å². The molecule has 5 heteroatoms. The highest BCUT2D eigenvalue weighted by atomic mass is 16.5. The number of aliphatic carboxylic acids is 1. The van der Waals surface area contributed by atoms with Crippen LogP contribution in [0.5, 0.6) is 11.5 Å². The first-order chi connectivity index (χ1) is 9.72. The van der Waals surface area contributed by atoms with Crippen molar-refractivity contribution in [2.75, 3.05) is 26.8 Å². The van der Waals surface area contributed by atoms with E-state index in [-0.39, 0.29) is 6.04 Å². The number of piperidine rings is 1. The lowest BCUT2D eigenvalue weighted by Gasteiger charge is -2.32. The van der Waals surface area contributed by atoms with Crippen LogP contribution in [0.3, 0.4) is 0 Å². The molecule has 1 saturated heterocycles. The Bertz CT molecular complexity index is 449. The molecule has 20 heavy (non-hydrogen) atoms. The summed E-state index contributed by atoms with van der Waals surface area (Å²) in [5.41, 5.74) is 0. The van der Waals surface area contributed by atoms with Crippen molar-refractivity contribution in [1.82, 2.24) is 4.90 Å². The van der Waals surface area contributed by atoms with Gasteiger partial charge >= 0.3 is 5.97 Å². The zero-order valence-electron chi connectivity index (χ0n) is 11.7. The lowest BCUT2D eigenvalue weighted by atomic mass is 10.0. The number of likely N-dealkylation sites (tertiary alicyclic amines) is 1. The lowest BCUT2D eigenvalue weighted by Crippen LogP contribution is -2.46. The molecular formula is C15H21NO4. The molecule has 1 aliphatic rings. The van der Waals surface area contributed by atoms with Gasteiger partial charge in [-0.2, -0.15) is 0 Å². The summed E-state index contributed by atoms with van der Waals surface area (Å²) in [5.74, 6) is 0.654. The molecule has 0 radical (unpaired) electrons. The Morgan fingerprint density at radius 2 is 2.10 bits per heavy atom. The number of rotatable bonds is 6. The number of nitrogens with zero attached hydrogens (tertiary/aromatic N) is 1. The molecule has 0 spiro atoms. The molecule has 1 heterocycles. The molecule has 2 rings (SSSR count). The van der Waals surface area contributed by atoms with Crippen LogP contribution in [0.25, 0.3) is 0 Å². The van der Waals surface area contributed by atoms with Gasteiger partial charge in [0.05, 0.1) is 7.11 Å². The zero-order valence-corrected chi connectivity index (χ0v) is 11.7. The first-order valence-corrected chi connectivity index (χ1v) is 6.95. The van der Waals surface area contributed by atoms with Gasteiger partial charge < -0.3 is 14.6 Å². The normalized spacial score (nSPS) is 19.6. The fourth-order valence-electron chi connectivity index (χ4n) is 2.55. The predicted octanol–water partition coefficient (Wildman–Crippen LogP) is 2.01. The fraction of sp³-hybridized carbons (Fsp3) is 0.533. The third-order valence-electron chi connectivity index (χ3n) is 3.60. The van der Waals surface area contributed by atoms with E-state index in [1.54, 1.807) is 7.11 Å². The maximum absolute atomic E-state index is 11.2. The van der Waals surface area contributed by atoms with E-state index in [2.05, 4.69) is 0 Å². The Balaban J connectivity index is 1.86. The molecule has 0 aromatic heterocycles. The first-order valence-electron chi connectivity index (χ1n) is 6.95. The third kappa shape index (κ3) is 3.63. The van der Waals surface area contributed by atoms with Crippen LogP contribution in [-0.4, -0.2) is 48.8 Å². The summed E-state index contributed by atoms with van der Waals surface area (Å²) in [6.07, 6.45) is 2.77. The van der Waals surface area contributed by atoms with E-state index in [0.717, 1.165) is 25.8 Å². The van der Waals surface area contributed by atoms with Gasteiger partial charge in [-0.15, -0.1) is 0 Å². The average molecular weight is 279 g/mol. The second-order valence-corrected chi connectivity index (χ2v) is 4.89. The van der Waals surface area contributed by atoms with Crippen molar-refractivity contribution in [3.8, 4) is 11.5 Å². The molecule has 1 unspecified atom stereocenters. The molecule has 110 valence electrons. The van der Waals surface area contributed by atoms with Crippen LogP contribution in [0.2, 0.25) is 0 Å². The van der Waals surface area contributed by atoms with E-state index < -0.39 is 5.97 Å². The molecule has 5 nitrogen and oxygen atoms in total. The van der Waals surface area contributed by atoms with E-state index in [1.165, 1.54) is 0 Å². The summed E-state index contributed by atoms with van der Waals surface area (Å²) in [6.45, 7) is 1.91. The molecule has 0 aliphatic carbocycles. The van der Waals surface area contributed by atoms with Crippen LogP contribution in [0.1, 0.15) is 19.3 Å². The molecule has 1 N–H and O–H groups in total. The molecule has 1 aliphatic heterocycles. The van der Waals surface area contributed by atoms with Crippen molar-refractivity contribution in [1.29, 1.82) is 0 Å². The number of hydrogen-bond donors (Lipinski definition) is 1. The molecule has 0 bridgehead atoms. The maximum Gasteiger partial charge on any atom is 0.320 e.